The molecule has 2 aromatic rings. The lowest BCUT2D eigenvalue weighted by Crippen LogP contribution is -2.16. The van der Waals surface area contributed by atoms with Crippen molar-refractivity contribution in [3.63, 3.8) is 0 Å². The molecular weight excluding hydrogens is 302 g/mol. The molecule has 0 unspecified atom stereocenters. The van der Waals surface area contributed by atoms with Crippen molar-refractivity contribution < 1.29 is 27.1 Å². The number of methoxy groups -OCH3 is 1. The third-order valence-corrected chi connectivity index (χ3v) is 2.90. The number of anilines is 1. The smallest absolute Gasteiger partial charge is 0.229 e. The van der Waals surface area contributed by atoms with Crippen molar-refractivity contribution in [1.82, 2.24) is 0 Å². The predicted octanol–water partition coefficient (Wildman–Crippen LogP) is 3.43. The van der Waals surface area contributed by atoms with E-state index in [4.69, 9.17) is 4.74 Å². The summed E-state index contributed by atoms with van der Waals surface area (Å²) in [6.45, 7) is 0. The highest BCUT2D eigenvalue weighted by atomic mass is 19.2. The van der Waals surface area contributed by atoms with Gasteiger partial charge in [-0.1, -0.05) is 0 Å². The summed E-state index contributed by atoms with van der Waals surface area (Å²) in [6, 6.07) is 5.19. The van der Waals surface area contributed by atoms with Crippen LogP contribution in [0.25, 0.3) is 0 Å². The molecule has 0 aliphatic heterocycles. The number of carbonyl (C=O) groups excluding carboxylic acids is 1. The van der Waals surface area contributed by atoms with Crippen molar-refractivity contribution in [2.24, 2.45) is 0 Å². The third kappa shape index (κ3) is 3.36. The van der Waals surface area contributed by atoms with E-state index in [1.54, 1.807) is 0 Å². The van der Waals surface area contributed by atoms with Crippen molar-refractivity contribution in [3.8, 4) is 5.75 Å². The molecular formula is C15H11F4NO2. The molecule has 0 fully saturated rings. The molecule has 0 radical (unpaired) electrons. The molecule has 0 saturated carbocycles. The molecule has 1 amide bonds. The number of rotatable bonds is 4. The second kappa shape index (κ2) is 6.46. The maximum atomic E-state index is 13.5. The van der Waals surface area contributed by atoms with Gasteiger partial charge in [-0.2, -0.15) is 0 Å². The zero-order valence-corrected chi connectivity index (χ0v) is 11.4. The first-order valence-electron chi connectivity index (χ1n) is 6.18. The maximum Gasteiger partial charge on any atom is 0.229 e. The van der Waals surface area contributed by atoms with Gasteiger partial charge in [0.15, 0.2) is 17.5 Å². The first kappa shape index (κ1) is 15.8. The highest BCUT2D eigenvalue weighted by molar-refractivity contribution is 5.92. The molecule has 0 spiro atoms. The lowest BCUT2D eigenvalue weighted by atomic mass is 10.1. The molecule has 7 heteroatoms. The Hall–Kier alpha value is -2.57. The quantitative estimate of drug-likeness (QED) is 0.694. The van der Waals surface area contributed by atoms with Crippen molar-refractivity contribution >= 4 is 11.6 Å². The Morgan fingerprint density at radius 1 is 1.09 bits per heavy atom. The zero-order valence-electron chi connectivity index (χ0n) is 11.4. The van der Waals surface area contributed by atoms with Crippen molar-refractivity contribution in [1.29, 1.82) is 0 Å². The number of benzene rings is 2. The van der Waals surface area contributed by atoms with Gasteiger partial charge >= 0.3 is 0 Å². The molecule has 1 N–H and O–H groups in total. The van der Waals surface area contributed by atoms with Crippen LogP contribution in [0.4, 0.5) is 23.2 Å². The molecule has 0 bridgehead atoms. The van der Waals surface area contributed by atoms with E-state index in [2.05, 4.69) is 5.32 Å². The van der Waals surface area contributed by atoms with E-state index in [1.165, 1.54) is 13.2 Å². The summed E-state index contributed by atoms with van der Waals surface area (Å²) in [4.78, 5) is 11.8. The van der Waals surface area contributed by atoms with Gasteiger partial charge in [-0.15, -0.1) is 0 Å². The van der Waals surface area contributed by atoms with E-state index in [9.17, 15) is 22.4 Å². The van der Waals surface area contributed by atoms with E-state index in [1.807, 2.05) is 0 Å². The van der Waals surface area contributed by atoms with Crippen LogP contribution < -0.4 is 10.1 Å². The highest BCUT2D eigenvalue weighted by Gasteiger charge is 2.16. The SMILES string of the molecule is COc1ccc(F)cc1CC(=O)Nc1ccc(F)c(F)c1F. The average molecular weight is 313 g/mol. The number of hydrogen-bond acceptors (Lipinski definition) is 2. The van der Waals surface area contributed by atoms with Crippen LogP contribution in [0.15, 0.2) is 30.3 Å². The maximum absolute atomic E-state index is 13.5. The van der Waals surface area contributed by atoms with Crippen LogP contribution in [0.2, 0.25) is 0 Å². The monoisotopic (exact) mass is 313 g/mol. The first-order valence-corrected chi connectivity index (χ1v) is 6.18. The van der Waals surface area contributed by atoms with E-state index in [-0.39, 0.29) is 17.7 Å². The van der Waals surface area contributed by atoms with E-state index in [0.29, 0.717) is 6.07 Å². The van der Waals surface area contributed by atoms with Gasteiger partial charge in [-0.3, -0.25) is 4.79 Å². The second-order valence-electron chi connectivity index (χ2n) is 4.40. The Bertz CT molecular complexity index is 719. The number of amides is 1. The Morgan fingerprint density at radius 3 is 2.50 bits per heavy atom. The zero-order chi connectivity index (χ0) is 16.3. The molecule has 0 aromatic heterocycles. The Morgan fingerprint density at radius 2 is 1.82 bits per heavy atom. The van der Waals surface area contributed by atoms with Crippen LogP contribution in [0.1, 0.15) is 5.56 Å². The van der Waals surface area contributed by atoms with Crippen molar-refractivity contribution in [3.05, 3.63) is 59.2 Å². The molecule has 0 aliphatic rings. The lowest BCUT2D eigenvalue weighted by molar-refractivity contribution is -0.115. The number of ether oxygens (including phenoxy) is 1. The normalized spacial score (nSPS) is 10.4. The van der Waals surface area contributed by atoms with Gasteiger partial charge in [-0.25, -0.2) is 17.6 Å². The van der Waals surface area contributed by atoms with Gasteiger partial charge < -0.3 is 10.1 Å². The Balaban J connectivity index is 2.17. The largest absolute Gasteiger partial charge is 0.496 e. The molecule has 0 heterocycles. The minimum atomic E-state index is -1.68. The number of carbonyl (C=O) groups is 1. The number of halogens is 4. The predicted molar refractivity (Wildman–Crippen MR) is 71.6 cm³/mol. The summed E-state index contributed by atoms with van der Waals surface area (Å²) in [5.41, 5.74) is -0.262. The third-order valence-electron chi connectivity index (χ3n) is 2.90. The molecule has 22 heavy (non-hydrogen) atoms. The number of hydrogen-bond donors (Lipinski definition) is 1. The molecule has 0 aliphatic carbocycles. The summed E-state index contributed by atoms with van der Waals surface area (Å²) in [5.74, 6) is -5.55. The van der Waals surface area contributed by atoms with Crippen LogP contribution in [0, 0.1) is 23.3 Å². The highest BCUT2D eigenvalue weighted by Crippen LogP contribution is 2.22. The van der Waals surface area contributed by atoms with Crippen molar-refractivity contribution in [2.45, 2.75) is 6.42 Å². The first-order chi connectivity index (χ1) is 10.4. The van der Waals surface area contributed by atoms with Crippen LogP contribution in [-0.4, -0.2) is 13.0 Å². The average Bonchev–Trinajstić information content (AvgIpc) is 2.48. The minimum absolute atomic E-state index is 0.239. The van der Waals surface area contributed by atoms with E-state index < -0.39 is 34.9 Å². The standard InChI is InChI=1S/C15H11F4NO2/c1-22-12-5-2-9(16)6-8(12)7-13(21)20-11-4-3-10(17)14(18)15(11)19/h2-6H,7H2,1H3,(H,20,21). The fraction of sp³-hybridized carbons (Fsp3) is 0.133. The molecule has 0 saturated heterocycles. The van der Waals surface area contributed by atoms with Crippen LogP contribution in [-0.2, 0) is 11.2 Å². The lowest BCUT2D eigenvalue weighted by Gasteiger charge is -2.10. The van der Waals surface area contributed by atoms with Gasteiger partial charge in [0, 0.05) is 5.56 Å². The fourth-order valence-corrected chi connectivity index (χ4v) is 1.88. The number of nitrogens with one attached hydrogen (secondary N) is 1. The Labute approximate surface area is 123 Å². The van der Waals surface area contributed by atoms with Gasteiger partial charge in [-0.05, 0) is 30.3 Å². The minimum Gasteiger partial charge on any atom is -0.496 e. The molecule has 116 valence electrons. The summed E-state index contributed by atoms with van der Waals surface area (Å²) in [7, 11) is 1.35. The van der Waals surface area contributed by atoms with Gasteiger partial charge in [0.05, 0.1) is 19.2 Å². The van der Waals surface area contributed by atoms with E-state index >= 15 is 0 Å². The summed E-state index contributed by atoms with van der Waals surface area (Å²) in [5, 5.41) is 2.10. The topological polar surface area (TPSA) is 38.3 Å². The molecule has 0 atom stereocenters. The van der Waals surface area contributed by atoms with E-state index in [0.717, 1.165) is 18.2 Å². The fourth-order valence-electron chi connectivity index (χ4n) is 1.88. The van der Waals surface area contributed by atoms with Crippen LogP contribution >= 0.6 is 0 Å². The van der Waals surface area contributed by atoms with Crippen LogP contribution in [0.5, 0.6) is 5.75 Å². The van der Waals surface area contributed by atoms with Gasteiger partial charge in [0.1, 0.15) is 11.6 Å². The molecule has 3 nitrogen and oxygen atoms in total. The second-order valence-corrected chi connectivity index (χ2v) is 4.40. The Kier molecular flexibility index (Phi) is 4.65. The van der Waals surface area contributed by atoms with Gasteiger partial charge in [0.25, 0.3) is 0 Å². The molecule has 2 aromatic carbocycles. The van der Waals surface area contributed by atoms with Crippen molar-refractivity contribution in [2.75, 3.05) is 12.4 Å². The summed E-state index contributed by atoms with van der Waals surface area (Å²) < 4.78 is 57.5. The van der Waals surface area contributed by atoms with Gasteiger partial charge in [0.2, 0.25) is 5.91 Å². The van der Waals surface area contributed by atoms with Crippen LogP contribution in [0.3, 0.4) is 0 Å². The summed E-state index contributed by atoms with van der Waals surface area (Å²) >= 11 is 0. The summed E-state index contributed by atoms with van der Waals surface area (Å²) in [6.07, 6.45) is -0.320. The molecule has 2 rings (SSSR count).